The number of amides is 1. The zero-order chi connectivity index (χ0) is 19.6. The number of furan rings is 1. The lowest BCUT2D eigenvalue weighted by molar-refractivity contribution is -0.111. The predicted octanol–water partition coefficient (Wildman–Crippen LogP) is 6.67. The molecule has 0 aliphatic carbocycles. The van der Waals surface area contributed by atoms with E-state index in [1.54, 1.807) is 30.3 Å². The van der Waals surface area contributed by atoms with E-state index in [4.69, 9.17) is 21.8 Å². The minimum absolute atomic E-state index is 0.275. The Morgan fingerprint density at radius 1 is 1.19 bits per heavy atom. The van der Waals surface area contributed by atoms with Gasteiger partial charge < -0.3 is 15.5 Å². The van der Waals surface area contributed by atoms with Crippen molar-refractivity contribution in [2.75, 3.05) is 11.1 Å². The van der Waals surface area contributed by atoms with Crippen molar-refractivity contribution in [3.05, 3.63) is 73.8 Å². The molecular weight excluding hydrogens is 495 g/mol. The lowest BCUT2D eigenvalue weighted by atomic mass is 10.2. The Bertz CT molecular complexity index is 1020. The number of carbonyl (C=O) groups is 1. The number of nitrogen functional groups attached to an aromatic ring is 1. The van der Waals surface area contributed by atoms with E-state index in [1.807, 2.05) is 25.1 Å². The molecule has 3 rings (SSSR count). The summed E-state index contributed by atoms with van der Waals surface area (Å²) in [4.78, 5) is 12.2. The number of anilines is 2. The van der Waals surface area contributed by atoms with Crippen molar-refractivity contribution in [3.8, 4) is 11.3 Å². The molecular formula is C20H15Br2ClN2O2. The van der Waals surface area contributed by atoms with E-state index in [0.717, 1.165) is 20.1 Å². The van der Waals surface area contributed by atoms with Gasteiger partial charge in [-0.2, -0.15) is 0 Å². The molecule has 0 atom stereocenters. The van der Waals surface area contributed by atoms with Gasteiger partial charge in [0.2, 0.25) is 5.91 Å². The number of hydrogen-bond acceptors (Lipinski definition) is 3. The fourth-order valence-electron chi connectivity index (χ4n) is 2.53. The molecule has 1 heterocycles. The first-order valence-corrected chi connectivity index (χ1v) is 9.90. The number of hydrogen-bond donors (Lipinski definition) is 2. The Balaban J connectivity index is 1.73. The molecule has 0 fully saturated rings. The Labute approximate surface area is 178 Å². The van der Waals surface area contributed by atoms with Gasteiger partial charge in [-0.05, 0) is 77.0 Å². The van der Waals surface area contributed by atoms with Gasteiger partial charge in [0.05, 0.1) is 10.7 Å². The topological polar surface area (TPSA) is 68.3 Å². The third-order valence-corrected chi connectivity index (χ3v) is 5.21. The summed E-state index contributed by atoms with van der Waals surface area (Å²) in [6, 6.07) is 12.7. The van der Waals surface area contributed by atoms with Gasteiger partial charge in [0.25, 0.3) is 0 Å². The van der Waals surface area contributed by atoms with Crippen molar-refractivity contribution in [1.82, 2.24) is 0 Å². The number of benzene rings is 2. The molecule has 0 aliphatic heterocycles. The first kappa shape index (κ1) is 19.7. The molecule has 3 aromatic rings. The zero-order valence-electron chi connectivity index (χ0n) is 14.2. The summed E-state index contributed by atoms with van der Waals surface area (Å²) in [7, 11) is 0. The quantitative estimate of drug-likeness (QED) is 0.304. The summed E-state index contributed by atoms with van der Waals surface area (Å²) >= 11 is 13.0. The molecule has 0 radical (unpaired) electrons. The fraction of sp³-hybridized carbons (Fsp3) is 0.0500. The number of nitrogens with two attached hydrogens (primary N) is 1. The molecule has 1 amide bonds. The Hall–Kier alpha value is -2.02. The van der Waals surface area contributed by atoms with Crippen LogP contribution < -0.4 is 11.1 Å². The summed E-state index contributed by atoms with van der Waals surface area (Å²) in [5.41, 5.74) is 8.74. The number of aryl methyl sites for hydroxylation is 1. The average Bonchev–Trinajstić information content (AvgIpc) is 3.05. The third-order valence-electron chi connectivity index (χ3n) is 3.78. The second kappa shape index (κ2) is 8.33. The van der Waals surface area contributed by atoms with E-state index in [1.165, 1.54) is 6.08 Å². The smallest absolute Gasteiger partial charge is 0.248 e. The second-order valence-electron chi connectivity index (χ2n) is 5.84. The number of rotatable bonds is 4. The van der Waals surface area contributed by atoms with Crippen molar-refractivity contribution in [2.24, 2.45) is 0 Å². The van der Waals surface area contributed by atoms with E-state index < -0.39 is 0 Å². The predicted molar refractivity (Wildman–Crippen MR) is 118 cm³/mol. The van der Waals surface area contributed by atoms with Crippen molar-refractivity contribution in [1.29, 1.82) is 0 Å². The van der Waals surface area contributed by atoms with E-state index in [9.17, 15) is 4.79 Å². The van der Waals surface area contributed by atoms with Gasteiger partial charge in [0.1, 0.15) is 11.5 Å². The van der Waals surface area contributed by atoms with Gasteiger partial charge in [-0.25, -0.2) is 0 Å². The summed E-state index contributed by atoms with van der Waals surface area (Å²) < 4.78 is 7.38. The molecule has 0 saturated carbocycles. The van der Waals surface area contributed by atoms with Gasteiger partial charge in [0.15, 0.2) is 0 Å². The molecule has 0 aliphatic rings. The average molecular weight is 511 g/mol. The molecule has 27 heavy (non-hydrogen) atoms. The Morgan fingerprint density at radius 3 is 2.67 bits per heavy atom. The molecule has 2 aromatic carbocycles. The van der Waals surface area contributed by atoms with Crippen LogP contribution in [0.15, 0.2) is 61.9 Å². The molecule has 3 N–H and O–H groups in total. The normalized spacial score (nSPS) is 11.1. The maximum absolute atomic E-state index is 12.2. The van der Waals surface area contributed by atoms with Crippen molar-refractivity contribution >= 4 is 66.8 Å². The number of nitrogens with one attached hydrogen (secondary N) is 1. The van der Waals surface area contributed by atoms with Crippen LogP contribution in [0, 0.1) is 6.92 Å². The number of carbonyl (C=O) groups excluding carboxylic acids is 1. The van der Waals surface area contributed by atoms with Gasteiger partial charge in [-0.1, -0.05) is 27.5 Å². The minimum Gasteiger partial charge on any atom is -0.457 e. The molecule has 0 spiro atoms. The standard InChI is InChI=1S/C20H15Br2ClN2O2/c1-11-8-13(24)10-16(22)20(11)25-19(26)7-4-14-3-6-18(27-14)15-5-2-12(21)9-17(15)23/h2-10H,24H2,1H3,(H,25,26)/b7-4+. The summed E-state index contributed by atoms with van der Waals surface area (Å²) in [6.07, 6.45) is 3.01. The van der Waals surface area contributed by atoms with Crippen molar-refractivity contribution in [3.63, 3.8) is 0 Å². The van der Waals surface area contributed by atoms with Gasteiger partial charge in [-0.15, -0.1) is 0 Å². The van der Waals surface area contributed by atoms with E-state index in [2.05, 4.69) is 37.2 Å². The molecule has 4 nitrogen and oxygen atoms in total. The molecule has 0 unspecified atom stereocenters. The van der Waals surface area contributed by atoms with Crippen molar-refractivity contribution < 1.29 is 9.21 Å². The SMILES string of the molecule is Cc1cc(N)cc(Br)c1NC(=O)/C=C/c1ccc(-c2ccc(Br)cc2Cl)o1. The van der Waals surface area contributed by atoms with Gasteiger partial charge in [0, 0.05) is 26.3 Å². The van der Waals surface area contributed by atoms with E-state index in [0.29, 0.717) is 27.9 Å². The molecule has 0 bridgehead atoms. The van der Waals surface area contributed by atoms with Crippen LogP contribution in [0.1, 0.15) is 11.3 Å². The lowest BCUT2D eigenvalue weighted by Gasteiger charge is -2.10. The highest BCUT2D eigenvalue weighted by Crippen LogP contribution is 2.32. The summed E-state index contributed by atoms with van der Waals surface area (Å²) in [6.45, 7) is 1.88. The Morgan fingerprint density at radius 2 is 1.96 bits per heavy atom. The van der Waals surface area contributed by atoms with Crippen LogP contribution in [0.2, 0.25) is 5.02 Å². The van der Waals surface area contributed by atoms with Crippen LogP contribution in [0.25, 0.3) is 17.4 Å². The first-order chi connectivity index (χ1) is 12.8. The van der Waals surface area contributed by atoms with Crippen LogP contribution >= 0.6 is 43.5 Å². The first-order valence-electron chi connectivity index (χ1n) is 7.93. The lowest BCUT2D eigenvalue weighted by Crippen LogP contribution is -2.09. The zero-order valence-corrected chi connectivity index (χ0v) is 18.2. The van der Waals surface area contributed by atoms with Crippen LogP contribution in [-0.4, -0.2) is 5.91 Å². The maximum Gasteiger partial charge on any atom is 0.248 e. The Kier molecular flexibility index (Phi) is 6.09. The van der Waals surface area contributed by atoms with Crippen molar-refractivity contribution in [2.45, 2.75) is 6.92 Å². The monoisotopic (exact) mass is 508 g/mol. The molecule has 0 saturated heterocycles. The minimum atomic E-state index is -0.275. The van der Waals surface area contributed by atoms with Gasteiger partial charge in [-0.3, -0.25) is 4.79 Å². The van der Waals surface area contributed by atoms with Crippen LogP contribution in [-0.2, 0) is 4.79 Å². The molecule has 138 valence electrons. The van der Waals surface area contributed by atoms with E-state index >= 15 is 0 Å². The highest BCUT2D eigenvalue weighted by atomic mass is 79.9. The van der Waals surface area contributed by atoms with Gasteiger partial charge >= 0.3 is 0 Å². The maximum atomic E-state index is 12.2. The fourth-order valence-corrected chi connectivity index (χ4v) is 3.97. The highest BCUT2D eigenvalue weighted by molar-refractivity contribution is 9.10. The summed E-state index contributed by atoms with van der Waals surface area (Å²) in [5, 5.41) is 3.41. The highest BCUT2D eigenvalue weighted by Gasteiger charge is 2.10. The second-order valence-corrected chi connectivity index (χ2v) is 8.02. The van der Waals surface area contributed by atoms with Crippen LogP contribution in [0.4, 0.5) is 11.4 Å². The van der Waals surface area contributed by atoms with Crippen LogP contribution in [0.3, 0.4) is 0 Å². The van der Waals surface area contributed by atoms with Crippen LogP contribution in [0.5, 0.6) is 0 Å². The third kappa shape index (κ3) is 4.83. The number of halogens is 3. The molecule has 1 aromatic heterocycles. The largest absolute Gasteiger partial charge is 0.457 e. The summed E-state index contributed by atoms with van der Waals surface area (Å²) in [5.74, 6) is 0.903. The molecule has 7 heteroatoms. The van der Waals surface area contributed by atoms with E-state index in [-0.39, 0.29) is 5.91 Å².